The van der Waals surface area contributed by atoms with E-state index in [1.54, 1.807) is 34.6 Å². The standard InChI is InChI=1S/C40H74N2O12/c1-16-28-40(12,47)34-21(3)30(41-37(8,9)54-34)20(2)18-38(10,46)33(53-36-27(43)17-26(42(13)14)24(6)50-36)22(4)31(23(5)35(45)51-28)52-29-19-39(11,48-15)32(44)25(7)49-29/h20-34,36,41,43-44,46-47H,16-19H2,1-15H3/t20-,21+,22+,23-,24-,25+,26-,27-,28-,29+,30+,31+,32+,33-,34-,36+,38-,39-,40-/m1/s1. The predicted molar refractivity (Wildman–Crippen MR) is 201 cm³/mol. The number of cyclic esters (lactones) is 1. The summed E-state index contributed by atoms with van der Waals surface area (Å²) in [6.45, 7) is 22.1. The molecule has 4 heterocycles. The predicted octanol–water partition coefficient (Wildman–Crippen LogP) is 2.95. The molecule has 0 aromatic carbocycles. The molecule has 4 saturated heterocycles. The number of rotatable bonds is 7. The number of carbonyl (C=O) groups is 1. The van der Waals surface area contributed by atoms with E-state index in [1.807, 2.05) is 60.5 Å². The maximum atomic E-state index is 14.4. The van der Waals surface area contributed by atoms with Crippen LogP contribution >= 0.6 is 0 Å². The van der Waals surface area contributed by atoms with E-state index >= 15 is 0 Å². The van der Waals surface area contributed by atoms with Crippen molar-refractivity contribution in [1.29, 1.82) is 0 Å². The highest BCUT2D eigenvalue weighted by atomic mass is 16.7. The Morgan fingerprint density at radius 2 is 1.54 bits per heavy atom. The zero-order chi connectivity index (χ0) is 40.9. The molecule has 0 spiro atoms. The van der Waals surface area contributed by atoms with E-state index in [1.165, 1.54) is 7.11 Å². The van der Waals surface area contributed by atoms with E-state index in [4.69, 9.17) is 33.2 Å². The van der Waals surface area contributed by atoms with E-state index in [2.05, 4.69) is 12.2 Å². The lowest BCUT2D eigenvalue weighted by Gasteiger charge is -2.54. The molecule has 4 aliphatic rings. The molecule has 5 N–H and O–H groups in total. The number of hydrogen-bond acceptors (Lipinski definition) is 14. The number of esters is 1. The van der Waals surface area contributed by atoms with Gasteiger partial charge < -0.3 is 58.5 Å². The molecule has 0 saturated carbocycles. The molecule has 0 aromatic heterocycles. The Balaban J connectivity index is 1.84. The van der Waals surface area contributed by atoms with Crippen molar-refractivity contribution in [2.24, 2.45) is 23.7 Å². The molecule has 2 bridgehead atoms. The largest absolute Gasteiger partial charge is 0.459 e. The number of nitrogens with one attached hydrogen (secondary N) is 1. The first-order chi connectivity index (χ1) is 24.8. The molecule has 0 unspecified atom stereocenters. The second kappa shape index (κ2) is 17.1. The van der Waals surface area contributed by atoms with Crippen molar-refractivity contribution < 1.29 is 58.4 Å². The highest BCUT2D eigenvalue weighted by molar-refractivity contribution is 5.73. The topological polar surface area (TPSA) is 178 Å². The molecule has 0 radical (unpaired) electrons. The van der Waals surface area contributed by atoms with Gasteiger partial charge in [-0.3, -0.25) is 10.1 Å². The molecular formula is C40H74N2O12. The number of likely N-dealkylation sites (N-methyl/N-ethyl adjacent to an activating group) is 1. The van der Waals surface area contributed by atoms with Crippen molar-refractivity contribution in [1.82, 2.24) is 10.2 Å². The first kappa shape index (κ1) is 45.7. The van der Waals surface area contributed by atoms with Gasteiger partial charge in [0.25, 0.3) is 0 Å². The maximum absolute atomic E-state index is 14.4. The summed E-state index contributed by atoms with van der Waals surface area (Å²) >= 11 is 0. The van der Waals surface area contributed by atoms with E-state index in [0.29, 0.717) is 12.8 Å². The first-order valence-electron chi connectivity index (χ1n) is 20.1. The van der Waals surface area contributed by atoms with Crippen LogP contribution in [0.2, 0.25) is 0 Å². The van der Waals surface area contributed by atoms with Gasteiger partial charge in [0.1, 0.15) is 29.6 Å². The quantitative estimate of drug-likeness (QED) is 0.239. The number of carbonyl (C=O) groups excluding carboxylic acids is 1. The van der Waals surface area contributed by atoms with Crippen LogP contribution in [0.3, 0.4) is 0 Å². The number of fused-ring (bicyclic) bond motifs is 2. The lowest BCUT2D eigenvalue weighted by Crippen LogP contribution is -2.69. The van der Waals surface area contributed by atoms with Crippen LogP contribution in [0.5, 0.6) is 0 Å². The van der Waals surface area contributed by atoms with E-state index in [-0.39, 0.29) is 42.9 Å². The van der Waals surface area contributed by atoms with Crippen molar-refractivity contribution in [3.63, 3.8) is 0 Å². The molecule has 54 heavy (non-hydrogen) atoms. The summed E-state index contributed by atoms with van der Waals surface area (Å²) in [6, 6.07) is -0.285. The molecule has 4 rings (SSSR count). The fraction of sp³-hybridized carbons (Fsp3) is 0.975. The van der Waals surface area contributed by atoms with Gasteiger partial charge in [-0.25, -0.2) is 0 Å². The van der Waals surface area contributed by atoms with Gasteiger partial charge in [-0.05, 0) is 94.7 Å². The molecule has 14 heteroatoms. The van der Waals surface area contributed by atoms with Crippen molar-refractivity contribution in [2.45, 2.75) is 205 Å². The van der Waals surface area contributed by atoms with Crippen LogP contribution in [0.1, 0.15) is 109 Å². The van der Waals surface area contributed by atoms with Gasteiger partial charge in [-0.15, -0.1) is 0 Å². The summed E-state index contributed by atoms with van der Waals surface area (Å²) in [4.78, 5) is 16.4. The second-order valence-corrected chi connectivity index (χ2v) is 18.5. The molecule has 0 aromatic rings. The third kappa shape index (κ3) is 9.47. The molecule has 4 fully saturated rings. The van der Waals surface area contributed by atoms with Gasteiger partial charge >= 0.3 is 5.97 Å². The summed E-state index contributed by atoms with van der Waals surface area (Å²) in [5.41, 5.74) is -4.99. The Labute approximate surface area is 323 Å². The smallest absolute Gasteiger partial charge is 0.311 e. The fourth-order valence-corrected chi connectivity index (χ4v) is 9.88. The number of aliphatic hydroxyl groups is 4. The SMILES string of the molecule is CC[C@H]1OC(=O)[C@H](C)[C@@H](O[C@H]2C[C@@](C)(OC)[C@@H](O)[C@H](C)O2)[C@H](C)[C@@H](O[C@@H]2O[C@H](C)[C@H](N(C)C)C[C@H]2O)[C@](C)(O)C[C@@H](C)[C@@H]2NC(C)(C)O[C@H]([C@H]2C)[C@]1(C)O. The molecule has 0 aliphatic carbocycles. The minimum atomic E-state index is -1.57. The number of aliphatic hydroxyl groups excluding tert-OH is 2. The van der Waals surface area contributed by atoms with Crippen LogP contribution in [0.4, 0.5) is 0 Å². The molecule has 0 amide bonds. The Morgan fingerprint density at radius 3 is 2.11 bits per heavy atom. The monoisotopic (exact) mass is 775 g/mol. The molecule has 19 atom stereocenters. The zero-order valence-corrected chi connectivity index (χ0v) is 35.6. The third-order valence-electron chi connectivity index (χ3n) is 13.1. The summed E-state index contributed by atoms with van der Waals surface area (Å²) in [5.74, 6) is -2.74. The normalized spacial score (nSPS) is 51.0. The van der Waals surface area contributed by atoms with Crippen LogP contribution in [0, 0.1) is 23.7 Å². The van der Waals surface area contributed by atoms with E-state index in [9.17, 15) is 25.2 Å². The Bertz CT molecular complexity index is 1250. The van der Waals surface area contributed by atoms with Gasteiger partial charge in [-0.2, -0.15) is 0 Å². The lowest BCUT2D eigenvalue weighted by molar-refractivity contribution is -0.318. The van der Waals surface area contributed by atoms with E-state index in [0.717, 1.165) is 0 Å². The summed E-state index contributed by atoms with van der Waals surface area (Å²) in [7, 11) is 5.40. The average Bonchev–Trinajstić information content (AvgIpc) is 3.07. The highest BCUT2D eigenvalue weighted by Gasteiger charge is 2.56. The van der Waals surface area contributed by atoms with Crippen LogP contribution < -0.4 is 5.32 Å². The van der Waals surface area contributed by atoms with Crippen LogP contribution in [-0.4, -0.2) is 149 Å². The van der Waals surface area contributed by atoms with Crippen molar-refractivity contribution >= 4 is 5.97 Å². The Morgan fingerprint density at radius 1 is 0.907 bits per heavy atom. The van der Waals surface area contributed by atoms with Crippen molar-refractivity contribution in [3.05, 3.63) is 0 Å². The average molecular weight is 775 g/mol. The highest BCUT2D eigenvalue weighted by Crippen LogP contribution is 2.43. The van der Waals surface area contributed by atoms with Crippen molar-refractivity contribution in [2.75, 3.05) is 21.2 Å². The fourth-order valence-electron chi connectivity index (χ4n) is 9.88. The minimum Gasteiger partial charge on any atom is -0.459 e. The third-order valence-corrected chi connectivity index (χ3v) is 13.1. The Hall–Kier alpha value is -1.01. The molecule has 4 aliphatic heterocycles. The van der Waals surface area contributed by atoms with E-state index < -0.39 is 95.6 Å². The number of methoxy groups -OCH3 is 1. The van der Waals surface area contributed by atoms with Gasteiger partial charge in [-0.1, -0.05) is 27.7 Å². The van der Waals surface area contributed by atoms with Gasteiger partial charge in [0.2, 0.25) is 0 Å². The zero-order valence-electron chi connectivity index (χ0n) is 35.6. The first-order valence-corrected chi connectivity index (χ1v) is 20.1. The number of hydrogen-bond donors (Lipinski definition) is 5. The van der Waals surface area contributed by atoms with Gasteiger partial charge in [0.05, 0.1) is 47.6 Å². The van der Waals surface area contributed by atoms with Crippen LogP contribution in [0.25, 0.3) is 0 Å². The lowest BCUT2D eigenvalue weighted by atomic mass is 9.71. The van der Waals surface area contributed by atoms with Gasteiger partial charge in [0.15, 0.2) is 12.6 Å². The molecule has 316 valence electrons. The van der Waals surface area contributed by atoms with Gasteiger partial charge in [0, 0.05) is 37.5 Å². The van der Waals surface area contributed by atoms with Crippen molar-refractivity contribution in [3.8, 4) is 0 Å². The Kier molecular flexibility index (Phi) is 14.4. The summed E-state index contributed by atoms with van der Waals surface area (Å²) in [5, 5.41) is 51.0. The number of ether oxygens (including phenoxy) is 7. The summed E-state index contributed by atoms with van der Waals surface area (Å²) < 4.78 is 44.5. The molecule has 14 nitrogen and oxygen atoms in total. The maximum Gasteiger partial charge on any atom is 0.311 e. The summed E-state index contributed by atoms with van der Waals surface area (Å²) in [6.07, 6.45) is -7.42. The second-order valence-electron chi connectivity index (χ2n) is 18.5. The minimum absolute atomic E-state index is 0.0512. The number of nitrogens with zero attached hydrogens (tertiary/aromatic N) is 1. The van der Waals surface area contributed by atoms with Crippen LogP contribution in [-0.2, 0) is 38.0 Å². The molecular weight excluding hydrogens is 700 g/mol. The van der Waals surface area contributed by atoms with Crippen LogP contribution in [0.15, 0.2) is 0 Å².